The van der Waals surface area contributed by atoms with Gasteiger partial charge in [-0.1, -0.05) is 18.5 Å². The molecule has 0 aliphatic carbocycles. The number of likely N-dealkylation sites (N-methyl/N-ethyl adjacent to an activating group) is 1. The highest BCUT2D eigenvalue weighted by molar-refractivity contribution is 6.33. The van der Waals surface area contributed by atoms with Gasteiger partial charge in [-0.3, -0.25) is 14.9 Å². The molecule has 0 saturated carbocycles. The molecule has 0 atom stereocenters. The molecule has 0 bridgehead atoms. The van der Waals surface area contributed by atoms with Gasteiger partial charge in [0.1, 0.15) is 5.69 Å². The van der Waals surface area contributed by atoms with Gasteiger partial charge in [0, 0.05) is 56.6 Å². The van der Waals surface area contributed by atoms with Crippen LogP contribution in [0.15, 0.2) is 36.4 Å². The summed E-state index contributed by atoms with van der Waals surface area (Å²) in [5.74, 6) is -0.401. The van der Waals surface area contributed by atoms with Crippen molar-refractivity contribution in [2.24, 2.45) is 0 Å². The predicted molar refractivity (Wildman–Crippen MR) is 128 cm³/mol. The number of piperazine rings is 1. The van der Waals surface area contributed by atoms with Crippen LogP contribution in [0.4, 0.5) is 22.7 Å². The average molecular weight is 458 g/mol. The fraction of sp³-hybridized carbons (Fsp3) is 0.435. The summed E-state index contributed by atoms with van der Waals surface area (Å²) >= 11 is 6.52. The summed E-state index contributed by atoms with van der Waals surface area (Å²) in [6, 6.07) is 10.1. The van der Waals surface area contributed by atoms with Gasteiger partial charge in [-0.2, -0.15) is 0 Å². The van der Waals surface area contributed by atoms with E-state index in [1.807, 2.05) is 17.0 Å². The van der Waals surface area contributed by atoms with E-state index in [0.29, 0.717) is 16.4 Å². The normalized spacial score (nSPS) is 16.9. The summed E-state index contributed by atoms with van der Waals surface area (Å²) in [6.07, 6.45) is 2.04. The van der Waals surface area contributed by atoms with E-state index >= 15 is 0 Å². The van der Waals surface area contributed by atoms with Crippen LogP contribution < -0.4 is 15.1 Å². The van der Waals surface area contributed by atoms with E-state index in [1.165, 1.54) is 6.07 Å². The Labute approximate surface area is 192 Å². The smallest absolute Gasteiger partial charge is 0.293 e. The first kappa shape index (κ1) is 22.4. The Morgan fingerprint density at radius 2 is 1.66 bits per heavy atom. The number of nitrogens with one attached hydrogen (secondary N) is 1. The Balaban J connectivity index is 1.47. The van der Waals surface area contributed by atoms with Crippen LogP contribution in [0.3, 0.4) is 0 Å². The third kappa shape index (κ3) is 4.81. The van der Waals surface area contributed by atoms with Crippen LogP contribution in [-0.2, 0) is 0 Å². The van der Waals surface area contributed by atoms with E-state index in [0.717, 1.165) is 64.3 Å². The Morgan fingerprint density at radius 1 is 1.00 bits per heavy atom. The Hall–Kier alpha value is -2.84. The molecule has 2 aromatic rings. The van der Waals surface area contributed by atoms with Gasteiger partial charge in [-0.25, -0.2) is 0 Å². The standard InChI is InChI=1S/C23H28ClN5O3/c1-2-26-11-13-28(14-12-26)20-8-6-18(16-19(20)24)25-23(30)17-5-7-21(22(15-17)29(31)32)27-9-3-4-10-27/h5-8,15-16H,2-4,9-14H2,1H3,(H,25,30). The number of benzene rings is 2. The topological polar surface area (TPSA) is 82.0 Å². The zero-order valence-corrected chi connectivity index (χ0v) is 19.0. The third-order valence-corrected chi connectivity index (χ3v) is 6.55. The minimum absolute atomic E-state index is 0.0425. The molecule has 1 amide bonds. The number of nitrogens with zero attached hydrogens (tertiary/aromatic N) is 4. The summed E-state index contributed by atoms with van der Waals surface area (Å²) in [7, 11) is 0. The lowest BCUT2D eigenvalue weighted by molar-refractivity contribution is -0.384. The first-order valence-corrected chi connectivity index (χ1v) is 11.5. The van der Waals surface area contributed by atoms with Gasteiger partial charge in [0.2, 0.25) is 0 Å². The molecule has 0 spiro atoms. The molecule has 0 radical (unpaired) electrons. The molecular formula is C23H28ClN5O3. The van der Waals surface area contributed by atoms with Crippen molar-refractivity contribution in [3.8, 4) is 0 Å². The molecule has 2 saturated heterocycles. The fourth-order valence-corrected chi connectivity index (χ4v) is 4.69. The minimum atomic E-state index is -0.422. The first-order valence-electron chi connectivity index (χ1n) is 11.1. The van der Waals surface area contributed by atoms with Crippen LogP contribution in [-0.4, -0.2) is 61.5 Å². The molecule has 1 N–H and O–H groups in total. The number of hydrogen-bond acceptors (Lipinski definition) is 6. The van der Waals surface area contributed by atoms with Crippen molar-refractivity contribution in [1.29, 1.82) is 0 Å². The van der Waals surface area contributed by atoms with Gasteiger partial charge in [0.25, 0.3) is 11.6 Å². The number of amides is 1. The second-order valence-electron chi connectivity index (χ2n) is 8.20. The van der Waals surface area contributed by atoms with E-state index in [1.54, 1.807) is 18.2 Å². The number of rotatable bonds is 6. The van der Waals surface area contributed by atoms with E-state index in [4.69, 9.17) is 11.6 Å². The van der Waals surface area contributed by atoms with Gasteiger partial charge in [0.05, 0.1) is 15.6 Å². The molecule has 2 heterocycles. The number of carbonyl (C=O) groups is 1. The lowest BCUT2D eigenvalue weighted by Gasteiger charge is -2.36. The molecule has 2 fully saturated rings. The van der Waals surface area contributed by atoms with Crippen molar-refractivity contribution < 1.29 is 9.72 Å². The van der Waals surface area contributed by atoms with Gasteiger partial charge in [-0.15, -0.1) is 0 Å². The first-order chi connectivity index (χ1) is 15.5. The number of anilines is 3. The lowest BCUT2D eigenvalue weighted by Crippen LogP contribution is -2.46. The number of halogens is 1. The van der Waals surface area contributed by atoms with Gasteiger partial charge in [0.15, 0.2) is 0 Å². The summed E-state index contributed by atoms with van der Waals surface area (Å²) in [5.41, 5.74) is 2.28. The van der Waals surface area contributed by atoms with Crippen LogP contribution >= 0.6 is 11.6 Å². The molecule has 4 rings (SSSR count). The maximum absolute atomic E-state index is 12.8. The van der Waals surface area contributed by atoms with Crippen molar-refractivity contribution in [3.63, 3.8) is 0 Å². The SMILES string of the molecule is CCN1CCN(c2ccc(NC(=O)c3ccc(N4CCCC4)c([N+](=O)[O-])c3)cc2Cl)CC1. The molecule has 32 heavy (non-hydrogen) atoms. The maximum atomic E-state index is 12.8. The highest BCUT2D eigenvalue weighted by Gasteiger charge is 2.24. The van der Waals surface area contributed by atoms with Crippen molar-refractivity contribution in [3.05, 3.63) is 57.1 Å². The monoisotopic (exact) mass is 457 g/mol. The van der Waals surface area contributed by atoms with Gasteiger partial charge < -0.3 is 20.0 Å². The predicted octanol–water partition coefficient (Wildman–Crippen LogP) is 4.24. The average Bonchev–Trinajstić information content (AvgIpc) is 3.34. The number of hydrogen-bond donors (Lipinski definition) is 1. The Morgan fingerprint density at radius 3 is 2.28 bits per heavy atom. The van der Waals surface area contributed by atoms with E-state index in [-0.39, 0.29) is 11.3 Å². The largest absolute Gasteiger partial charge is 0.368 e. The second-order valence-corrected chi connectivity index (χ2v) is 8.60. The molecule has 170 valence electrons. The summed E-state index contributed by atoms with van der Waals surface area (Å²) in [6.45, 7) is 8.61. The molecule has 0 unspecified atom stereocenters. The molecule has 0 aromatic heterocycles. The second kappa shape index (κ2) is 9.75. The van der Waals surface area contributed by atoms with Crippen molar-refractivity contribution in [1.82, 2.24) is 4.90 Å². The van der Waals surface area contributed by atoms with Crippen molar-refractivity contribution in [2.45, 2.75) is 19.8 Å². The lowest BCUT2D eigenvalue weighted by atomic mass is 10.1. The molecular weight excluding hydrogens is 430 g/mol. The van der Waals surface area contributed by atoms with E-state index in [9.17, 15) is 14.9 Å². The molecule has 8 nitrogen and oxygen atoms in total. The summed E-state index contributed by atoms with van der Waals surface area (Å²) in [5, 5.41) is 15.0. The zero-order chi connectivity index (χ0) is 22.7. The third-order valence-electron chi connectivity index (χ3n) is 6.25. The summed E-state index contributed by atoms with van der Waals surface area (Å²) < 4.78 is 0. The molecule has 9 heteroatoms. The van der Waals surface area contributed by atoms with Crippen LogP contribution in [0.2, 0.25) is 5.02 Å². The number of nitro groups is 1. The highest BCUT2D eigenvalue weighted by Crippen LogP contribution is 2.33. The highest BCUT2D eigenvalue weighted by atomic mass is 35.5. The van der Waals surface area contributed by atoms with Crippen molar-refractivity contribution >= 4 is 40.3 Å². The van der Waals surface area contributed by atoms with Gasteiger partial charge in [-0.05, 0) is 49.7 Å². The van der Waals surface area contributed by atoms with Crippen LogP contribution in [0.5, 0.6) is 0 Å². The Kier molecular flexibility index (Phi) is 6.81. The van der Waals surface area contributed by atoms with Crippen LogP contribution in [0.25, 0.3) is 0 Å². The summed E-state index contributed by atoms with van der Waals surface area (Å²) in [4.78, 5) is 30.6. The maximum Gasteiger partial charge on any atom is 0.293 e. The van der Waals surface area contributed by atoms with Gasteiger partial charge >= 0.3 is 0 Å². The molecule has 2 aromatic carbocycles. The number of nitro benzene ring substituents is 1. The Bertz CT molecular complexity index is 1000. The van der Waals surface area contributed by atoms with E-state index in [2.05, 4.69) is 22.0 Å². The quantitative estimate of drug-likeness (QED) is 0.516. The molecule has 2 aliphatic heterocycles. The van der Waals surface area contributed by atoms with Crippen LogP contribution in [0, 0.1) is 10.1 Å². The van der Waals surface area contributed by atoms with Crippen LogP contribution in [0.1, 0.15) is 30.1 Å². The zero-order valence-electron chi connectivity index (χ0n) is 18.2. The van der Waals surface area contributed by atoms with E-state index < -0.39 is 10.8 Å². The number of carbonyl (C=O) groups excluding carboxylic acids is 1. The molecule has 2 aliphatic rings. The fourth-order valence-electron chi connectivity index (χ4n) is 4.39. The van der Waals surface area contributed by atoms with Crippen molar-refractivity contribution in [2.75, 3.05) is 60.9 Å². The minimum Gasteiger partial charge on any atom is -0.368 e.